The first kappa shape index (κ1) is 21.3. The van der Waals surface area contributed by atoms with Gasteiger partial charge in [-0.05, 0) is 56.5 Å². The van der Waals surface area contributed by atoms with E-state index in [1.807, 2.05) is 73.3 Å². The van der Waals surface area contributed by atoms with Crippen molar-refractivity contribution in [1.29, 1.82) is 0 Å². The van der Waals surface area contributed by atoms with E-state index in [-0.39, 0.29) is 11.8 Å². The molecule has 0 spiro atoms. The molecule has 31 heavy (non-hydrogen) atoms. The fourth-order valence-corrected chi connectivity index (χ4v) is 4.51. The number of halogens is 1. The number of aromatic nitrogens is 1. The van der Waals surface area contributed by atoms with Gasteiger partial charge in [-0.2, -0.15) is 0 Å². The molecule has 2 heterocycles. The number of nitrogens with two attached hydrogens (primary N) is 1. The van der Waals surface area contributed by atoms with Crippen LogP contribution >= 0.6 is 11.6 Å². The molecule has 0 bridgehead atoms. The molecule has 0 saturated carbocycles. The first-order valence-corrected chi connectivity index (χ1v) is 10.9. The van der Waals surface area contributed by atoms with Gasteiger partial charge in [0.1, 0.15) is 0 Å². The number of benzene rings is 2. The summed E-state index contributed by atoms with van der Waals surface area (Å²) >= 11 is 6.00. The van der Waals surface area contributed by atoms with E-state index in [2.05, 4.69) is 0 Å². The number of pyridine rings is 1. The molecule has 0 radical (unpaired) electrons. The van der Waals surface area contributed by atoms with E-state index < -0.39 is 11.3 Å². The van der Waals surface area contributed by atoms with E-state index in [9.17, 15) is 9.59 Å². The summed E-state index contributed by atoms with van der Waals surface area (Å²) < 4.78 is 0. The molecular formula is C25H26ClN3O2. The van der Waals surface area contributed by atoms with Crippen molar-refractivity contribution >= 4 is 34.3 Å². The van der Waals surface area contributed by atoms with Gasteiger partial charge in [0, 0.05) is 29.4 Å². The zero-order valence-corrected chi connectivity index (χ0v) is 18.5. The van der Waals surface area contributed by atoms with Gasteiger partial charge < -0.3 is 10.6 Å². The second-order valence-corrected chi connectivity index (χ2v) is 9.11. The molecule has 160 valence electrons. The predicted molar refractivity (Wildman–Crippen MR) is 123 cm³/mol. The molecule has 3 aromatic rings. The largest absolute Gasteiger partial charge is 0.366 e. The number of hydrogen-bond donors (Lipinski definition) is 1. The van der Waals surface area contributed by atoms with Crippen molar-refractivity contribution < 1.29 is 9.59 Å². The molecule has 5 nitrogen and oxygen atoms in total. The highest BCUT2D eigenvalue weighted by Gasteiger charge is 2.36. The Balaban J connectivity index is 1.53. The summed E-state index contributed by atoms with van der Waals surface area (Å²) in [5.41, 5.74) is 8.04. The summed E-state index contributed by atoms with van der Waals surface area (Å²) in [5.74, 6) is -0.278. The van der Waals surface area contributed by atoms with Gasteiger partial charge in [0.05, 0.1) is 22.2 Å². The maximum absolute atomic E-state index is 13.3. The van der Waals surface area contributed by atoms with Gasteiger partial charge in [-0.25, -0.2) is 0 Å². The minimum atomic E-state index is -0.642. The van der Waals surface area contributed by atoms with Crippen molar-refractivity contribution in [3.8, 4) is 0 Å². The molecule has 2 aromatic carbocycles. The lowest BCUT2D eigenvalue weighted by Gasteiger charge is -2.37. The average molecular weight is 436 g/mol. The Morgan fingerprint density at radius 3 is 2.35 bits per heavy atom. The van der Waals surface area contributed by atoms with Crippen molar-refractivity contribution in [2.75, 3.05) is 13.1 Å². The lowest BCUT2D eigenvalue weighted by Crippen LogP contribution is -2.47. The third-order valence-electron chi connectivity index (χ3n) is 6.29. The molecular weight excluding hydrogens is 410 g/mol. The van der Waals surface area contributed by atoms with Crippen LogP contribution < -0.4 is 5.73 Å². The maximum atomic E-state index is 13.3. The first-order chi connectivity index (χ1) is 14.8. The minimum Gasteiger partial charge on any atom is -0.366 e. The smallest absolute Gasteiger partial charge is 0.250 e. The van der Waals surface area contributed by atoms with Crippen LogP contribution in [0, 0.1) is 0 Å². The Morgan fingerprint density at radius 2 is 1.71 bits per heavy atom. The molecule has 1 aromatic heterocycles. The summed E-state index contributed by atoms with van der Waals surface area (Å²) in [6.07, 6.45) is 1.49. The van der Waals surface area contributed by atoms with E-state index in [1.54, 1.807) is 0 Å². The number of hydrogen-bond acceptors (Lipinski definition) is 3. The highest BCUT2D eigenvalue weighted by Crippen LogP contribution is 2.34. The van der Waals surface area contributed by atoms with Crippen LogP contribution in [0.15, 0.2) is 54.6 Å². The Kier molecular flexibility index (Phi) is 5.71. The Hall–Kier alpha value is -2.92. The third kappa shape index (κ3) is 4.15. The molecule has 1 aliphatic heterocycles. The molecule has 2 N–H and O–H groups in total. The van der Waals surface area contributed by atoms with Gasteiger partial charge in [-0.3, -0.25) is 14.6 Å². The van der Waals surface area contributed by atoms with Gasteiger partial charge in [0.15, 0.2) is 0 Å². The van der Waals surface area contributed by atoms with Gasteiger partial charge in [-0.15, -0.1) is 0 Å². The molecule has 1 aliphatic rings. The standard InChI is InChI=1S/C25H26ClN3O2/c1-25(2,18-7-9-19(26)10-8-18)24(31)29-13-11-16(12-14-29)22-20(23(27)30)15-17-5-3-4-6-21(17)28-22/h3-10,15-16H,11-14H2,1-2H3,(H2,27,30). The molecule has 4 rings (SSSR count). The first-order valence-electron chi connectivity index (χ1n) is 10.5. The fraction of sp³-hybridized carbons (Fsp3) is 0.320. The summed E-state index contributed by atoms with van der Waals surface area (Å²) in [6.45, 7) is 5.13. The van der Waals surface area contributed by atoms with Gasteiger partial charge in [-0.1, -0.05) is 41.9 Å². The SMILES string of the molecule is CC(C)(C(=O)N1CCC(c2nc3ccccc3cc2C(N)=O)CC1)c1ccc(Cl)cc1. The molecule has 0 unspecified atom stereocenters. The van der Waals surface area contributed by atoms with Crippen LogP contribution in [0.5, 0.6) is 0 Å². The van der Waals surface area contributed by atoms with Gasteiger partial charge in [0.25, 0.3) is 5.91 Å². The van der Waals surface area contributed by atoms with Crippen LogP contribution in [-0.2, 0) is 10.2 Å². The van der Waals surface area contributed by atoms with E-state index in [0.717, 1.165) is 35.0 Å². The minimum absolute atomic E-state index is 0.0924. The lowest BCUT2D eigenvalue weighted by atomic mass is 9.82. The molecule has 1 fully saturated rings. The van der Waals surface area contributed by atoms with Crippen LogP contribution in [0.1, 0.15) is 54.2 Å². The Morgan fingerprint density at radius 1 is 1.06 bits per heavy atom. The van der Waals surface area contributed by atoms with Crippen LogP contribution in [0.3, 0.4) is 0 Å². The number of carbonyl (C=O) groups is 2. The Bertz CT molecular complexity index is 1130. The highest BCUT2D eigenvalue weighted by atomic mass is 35.5. The normalized spacial score (nSPS) is 15.3. The molecule has 0 atom stereocenters. The number of amides is 2. The van der Waals surface area contributed by atoms with E-state index in [4.69, 9.17) is 22.3 Å². The van der Waals surface area contributed by atoms with E-state index in [1.165, 1.54) is 0 Å². The van der Waals surface area contributed by atoms with Crippen LogP contribution in [0.25, 0.3) is 10.9 Å². The lowest BCUT2D eigenvalue weighted by molar-refractivity contribution is -0.137. The number of carbonyl (C=O) groups excluding carboxylic acids is 2. The summed E-state index contributed by atoms with van der Waals surface area (Å²) in [4.78, 5) is 32.1. The molecule has 0 aliphatic carbocycles. The van der Waals surface area contributed by atoms with Crippen LogP contribution in [0.2, 0.25) is 5.02 Å². The fourth-order valence-electron chi connectivity index (χ4n) is 4.38. The topological polar surface area (TPSA) is 76.3 Å². The van der Waals surface area contributed by atoms with Gasteiger partial charge >= 0.3 is 0 Å². The number of nitrogens with zero attached hydrogens (tertiary/aromatic N) is 2. The van der Waals surface area contributed by atoms with Crippen molar-refractivity contribution in [3.63, 3.8) is 0 Å². The van der Waals surface area contributed by atoms with E-state index in [0.29, 0.717) is 23.7 Å². The summed E-state index contributed by atoms with van der Waals surface area (Å²) in [5, 5.41) is 1.55. The number of rotatable bonds is 4. The zero-order chi connectivity index (χ0) is 22.2. The second kappa shape index (κ2) is 8.31. The van der Waals surface area contributed by atoms with E-state index >= 15 is 0 Å². The molecule has 6 heteroatoms. The molecule has 2 amide bonds. The van der Waals surface area contributed by atoms with Crippen LogP contribution in [0.4, 0.5) is 0 Å². The van der Waals surface area contributed by atoms with Crippen molar-refractivity contribution in [2.45, 2.75) is 38.0 Å². The van der Waals surface area contributed by atoms with Crippen molar-refractivity contribution in [2.24, 2.45) is 5.73 Å². The van der Waals surface area contributed by atoms with Crippen molar-refractivity contribution in [1.82, 2.24) is 9.88 Å². The summed E-state index contributed by atoms with van der Waals surface area (Å²) in [7, 11) is 0. The third-order valence-corrected chi connectivity index (χ3v) is 6.54. The number of fused-ring (bicyclic) bond motifs is 1. The molecule has 1 saturated heterocycles. The van der Waals surface area contributed by atoms with Crippen LogP contribution in [-0.4, -0.2) is 34.8 Å². The maximum Gasteiger partial charge on any atom is 0.250 e. The van der Waals surface area contributed by atoms with Gasteiger partial charge in [0.2, 0.25) is 5.91 Å². The zero-order valence-electron chi connectivity index (χ0n) is 17.8. The number of para-hydroxylation sites is 1. The second-order valence-electron chi connectivity index (χ2n) is 8.68. The highest BCUT2D eigenvalue weighted by molar-refractivity contribution is 6.30. The Labute approximate surface area is 187 Å². The predicted octanol–water partition coefficient (Wildman–Crippen LogP) is 4.67. The summed E-state index contributed by atoms with van der Waals surface area (Å²) in [6, 6.07) is 17.0. The van der Waals surface area contributed by atoms with Crippen molar-refractivity contribution in [3.05, 3.63) is 76.4 Å². The number of primary amides is 1. The number of piperidine rings is 1. The average Bonchev–Trinajstić information content (AvgIpc) is 2.78. The quantitative estimate of drug-likeness (QED) is 0.646. The monoisotopic (exact) mass is 435 g/mol. The number of likely N-dealkylation sites (tertiary alicyclic amines) is 1.